The number of piperidine rings is 1. The topological polar surface area (TPSA) is 104 Å². The Bertz CT molecular complexity index is 1820. The van der Waals surface area contributed by atoms with Crippen molar-refractivity contribution in [1.82, 2.24) is 20.1 Å². The van der Waals surface area contributed by atoms with Crippen molar-refractivity contribution in [2.75, 3.05) is 38.1 Å². The summed E-state index contributed by atoms with van der Waals surface area (Å²) < 4.78 is 12.0. The zero-order valence-corrected chi connectivity index (χ0v) is 33.9. The van der Waals surface area contributed by atoms with E-state index in [9.17, 15) is 14.4 Å². The third kappa shape index (κ3) is 9.92. The van der Waals surface area contributed by atoms with Crippen molar-refractivity contribution < 1.29 is 23.9 Å². The van der Waals surface area contributed by atoms with Gasteiger partial charge >= 0.3 is 6.09 Å². The quantitative estimate of drug-likeness (QED) is 0.209. The Labute approximate surface area is 333 Å². The van der Waals surface area contributed by atoms with E-state index in [1.807, 2.05) is 75.2 Å². The van der Waals surface area contributed by atoms with Crippen molar-refractivity contribution in [3.8, 4) is 5.75 Å². The van der Waals surface area contributed by atoms with E-state index in [-0.39, 0.29) is 36.4 Å². The first-order valence-electron chi connectivity index (χ1n) is 18.8. The Balaban J connectivity index is 1.20. The van der Waals surface area contributed by atoms with Crippen molar-refractivity contribution in [2.45, 2.75) is 96.4 Å². The minimum atomic E-state index is -0.662. The fourth-order valence-electron chi connectivity index (χ4n) is 7.35. The number of carbonyl (C=O) groups excluding carboxylic acids is 3. The maximum atomic E-state index is 14.8. The molecule has 2 saturated heterocycles. The zero-order valence-electron chi connectivity index (χ0n) is 31.7. The molecule has 1 N–H and O–H groups in total. The van der Waals surface area contributed by atoms with Crippen LogP contribution < -0.4 is 15.0 Å². The minimum absolute atomic E-state index is 0.0142. The molecule has 3 atom stereocenters. The van der Waals surface area contributed by atoms with Gasteiger partial charge in [0.05, 0.1) is 22.5 Å². The lowest BCUT2D eigenvalue weighted by molar-refractivity contribution is -0.139. The fourth-order valence-corrected chi connectivity index (χ4v) is 8.22. The van der Waals surface area contributed by atoms with Crippen LogP contribution in [0.15, 0.2) is 48.7 Å². The number of rotatable bonds is 11. The molecule has 1 saturated carbocycles. The van der Waals surface area contributed by atoms with Crippen LogP contribution in [-0.4, -0.2) is 83.7 Å². The van der Waals surface area contributed by atoms with Crippen LogP contribution in [0.4, 0.5) is 10.6 Å². The summed E-state index contributed by atoms with van der Waals surface area (Å²) in [6.45, 7) is 9.91. The van der Waals surface area contributed by atoms with E-state index in [2.05, 4.69) is 16.3 Å². The largest absolute Gasteiger partial charge is 0.485 e. The van der Waals surface area contributed by atoms with Gasteiger partial charge in [-0.2, -0.15) is 0 Å². The molecule has 6 rings (SSSR count). The highest BCUT2D eigenvalue weighted by Crippen LogP contribution is 2.40. The van der Waals surface area contributed by atoms with Gasteiger partial charge in [-0.3, -0.25) is 9.59 Å². The lowest BCUT2D eigenvalue weighted by atomic mass is 9.80. The summed E-state index contributed by atoms with van der Waals surface area (Å²) in [5, 5.41) is 4.24. The van der Waals surface area contributed by atoms with Crippen molar-refractivity contribution >= 4 is 58.5 Å². The van der Waals surface area contributed by atoms with Crippen LogP contribution >= 0.6 is 34.8 Å². The van der Waals surface area contributed by atoms with Crippen LogP contribution in [0.2, 0.25) is 15.1 Å². The van der Waals surface area contributed by atoms with Gasteiger partial charge in [0.25, 0.3) is 0 Å². The number of carbonyl (C=O) groups is 3. The van der Waals surface area contributed by atoms with Crippen LogP contribution in [-0.2, 0) is 27.3 Å². The van der Waals surface area contributed by atoms with Crippen molar-refractivity contribution in [2.24, 2.45) is 5.92 Å². The summed E-state index contributed by atoms with van der Waals surface area (Å²) in [7, 11) is 1.63. The molecule has 10 nitrogen and oxygen atoms in total. The van der Waals surface area contributed by atoms with Crippen molar-refractivity contribution in [3.05, 3.63) is 86.0 Å². The summed E-state index contributed by atoms with van der Waals surface area (Å²) in [5.74, 6) is 0.611. The number of likely N-dealkylation sites (tertiary alicyclic amines) is 1. The predicted octanol–water partition coefficient (Wildman–Crippen LogP) is 8.22. The number of anilines is 1. The van der Waals surface area contributed by atoms with Gasteiger partial charge in [-0.1, -0.05) is 53.0 Å². The molecule has 2 aliphatic heterocycles. The molecule has 54 heavy (non-hydrogen) atoms. The van der Waals surface area contributed by atoms with Gasteiger partial charge in [0.15, 0.2) is 5.75 Å². The highest BCUT2D eigenvalue weighted by Gasteiger charge is 2.43. The Morgan fingerprint density at radius 1 is 0.944 bits per heavy atom. The molecule has 3 heterocycles. The molecule has 0 bridgehead atoms. The van der Waals surface area contributed by atoms with Crippen LogP contribution in [0, 0.1) is 12.8 Å². The average molecular weight is 799 g/mol. The maximum Gasteiger partial charge on any atom is 0.410 e. The van der Waals surface area contributed by atoms with Gasteiger partial charge in [-0.15, -0.1) is 0 Å². The van der Waals surface area contributed by atoms with Gasteiger partial charge in [-0.05, 0) is 99.9 Å². The summed E-state index contributed by atoms with van der Waals surface area (Å²) in [6.07, 6.45) is 5.49. The SMILES string of the molecule is CNC(=O)CCc1ccc(Cl)c(CN(C(=O)[C@@H]2CN(C(=O)OC(C)(C)C)CC[C@H]2c2ccc(N3CC[C@@H](Oc4c(Cl)cc(C)cc4Cl)C3)nc2)C2CC2)c1. The lowest BCUT2D eigenvalue weighted by Crippen LogP contribution is -2.51. The van der Waals surface area contributed by atoms with Gasteiger partial charge in [0, 0.05) is 69.2 Å². The molecule has 1 aromatic heterocycles. The van der Waals surface area contributed by atoms with Crippen LogP contribution in [0.1, 0.15) is 81.0 Å². The molecule has 0 radical (unpaired) electrons. The molecule has 0 unspecified atom stereocenters. The number of amides is 3. The predicted molar refractivity (Wildman–Crippen MR) is 213 cm³/mol. The second-order valence-electron chi connectivity index (χ2n) is 15.7. The van der Waals surface area contributed by atoms with E-state index in [0.717, 1.165) is 53.9 Å². The van der Waals surface area contributed by atoms with Gasteiger partial charge in [-0.25, -0.2) is 9.78 Å². The van der Waals surface area contributed by atoms with E-state index in [4.69, 9.17) is 49.3 Å². The highest BCUT2D eigenvalue weighted by atomic mass is 35.5. The Kier molecular flexibility index (Phi) is 12.5. The highest BCUT2D eigenvalue weighted by molar-refractivity contribution is 6.37. The molecule has 0 spiro atoms. The second kappa shape index (κ2) is 17.0. The number of hydrogen-bond donors (Lipinski definition) is 1. The average Bonchev–Trinajstić information content (AvgIpc) is 3.87. The molecule has 3 aliphatic rings. The number of pyridine rings is 1. The van der Waals surface area contributed by atoms with E-state index in [1.54, 1.807) is 11.9 Å². The smallest absolute Gasteiger partial charge is 0.410 e. The normalized spacial score (nSPS) is 20.1. The fraction of sp³-hybridized carbons (Fsp3) is 0.512. The van der Waals surface area contributed by atoms with E-state index in [1.165, 1.54) is 0 Å². The van der Waals surface area contributed by atoms with Crippen molar-refractivity contribution in [1.29, 1.82) is 0 Å². The number of aromatic nitrogens is 1. The van der Waals surface area contributed by atoms with Crippen LogP contribution in [0.3, 0.4) is 0 Å². The molecule has 290 valence electrons. The first-order chi connectivity index (χ1) is 25.7. The van der Waals surface area contributed by atoms with Crippen LogP contribution in [0.25, 0.3) is 0 Å². The molecule has 1 aliphatic carbocycles. The molecule has 3 fully saturated rings. The summed E-state index contributed by atoms with van der Waals surface area (Å²) in [6, 6.07) is 13.6. The molecule has 3 amide bonds. The second-order valence-corrected chi connectivity index (χ2v) is 16.9. The maximum absolute atomic E-state index is 14.8. The summed E-state index contributed by atoms with van der Waals surface area (Å²) >= 11 is 19.6. The van der Waals surface area contributed by atoms with Gasteiger partial charge < -0.3 is 29.5 Å². The van der Waals surface area contributed by atoms with Gasteiger partial charge in [0.1, 0.15) is 17.5 Å². The number of benzene rings is 2. The standard InChI is InChI=1S/C41H50Cl3N5O5/c1-25-18-34(43)38(35(44)19-25)53-30-14-16-47(23-30)36-12-8-27(21-46-36)31-15-17-48(40(52)54-41(2,3)4)24-32(31)39(51)49(29-9-10-29)22-28-20-26(6-11-33(28)42)7-13-37(50)45-5/h6,8,11-12,18-21,29-32H,7,9-10,13-17,22-24H2,1-5H3,(H,45,50)/t30-,31+,32-/m1/s1. The first-order valence-corrected chi connectivity index (χ1v) is 19.9. The molecule has 13 heteroatoms. The first kappa shape index (κ1) is 39.9. The third-order valence-corrected chi connectivity index (χ3v) is 11.2. The molecule has 2 aromatic carbocycles. The number of nitrogens with one attached hydrogen (secondary N) is 1. The number of hydrogen-bond acceptors (Lipinski definition) is 7. The molecule has 3 aromatic rings. The summed E-state index contributed by atoms with van der Waals surface area (Å²) in [5.41, 5.74) is 3.09. The number of halogens is 3. The van der Waals surface area contributed by atoms with E-state index >= 15 is 0 Å². The Hall–Kier alpha value is -3.73. The minimum Gasteiger partial charge on any atom is -0.485 e. The zero-order chi connectivity index (χ0) is 38.7. The lowest BCUT2D eigenvalue weighted by Gasteiger charge is -2.40. The Morgan fingerprint density at radius 2 is 1.69 bits per heavy atom. The number of ether oxygens (including phenoxy) is 2. The third-order valence-electron chi connectivity index (χ3n) is 10.3. The molecular formula is C41H50Cl3N5O5. The number of nitrogens with zero attached hydrogens (tertiary/aromatic N) is 4. The molecular weight excluding hydrogens is 749 g/mol. The van der Waals surface area contributed by atoms with Crippen LogP contribution in [0.5, 0.6) is 5.75 Å². The summed E-state index contributed by atoms with van der Waals surface area (Å²) in [4.78, 5) is 50.7. The monoisotopic (exact) mass is 797 g/mol. The number of aryl methyl sites for hydroxylation is 2. The van der Waals surface area contributed by atoms with Crippen molar-refractivity contribution in [3.63, 3.8) is 0 Å². The van der Waals surface area contributed by atoms with Gasteiger partial charge in [0.2, 0.25) is 11.8 Å². The van der Waals surface area contributed by atoms with E-state index < -0.39 is 17.6 Å². The Morgan fingerprint density at radius 3 is 2.33 bits per heavy atom. The van der Waals surface area contributed by atoms with E-state index in [0.29, 0.717) is 59.7 Å².